The fourth-order valence-corrected chi connectivity index (χ4v) is 3.59. The van der Waals surface area contributed by atoms with Crippen molar-refractivity contribution in [1.82, 2.24) is 5.32 Å². The van der Waals surface area contributed by atoms with Crippen LogP contribution in [0, 0.1) is 0 Å². The Bertz CT molecular complexity index is 1290. The number of rotatable bonds is 3. The molecule has 0 aliphatic carbocycles. The molecule has 3 aromatic carbocycles. The number of anilines is 1. The molecule has 1 aromatic heterocycles. The molecule has 3 N–H and O–H groups in total. The van der Waals surface area contributed by atoms with E-state index in [0.29, 0.717) is 27.1 Å². The summed E-state index contributed by atoms with van der Waals surface area (Å²) in [6.45, 7) is 0. The second-order valence-electron chi connectivity index (χ2n) is 6.35. The minimum Gasteiger partial charge on any atom is -0.506 e. The SMILES string of the molecule is O=C(NC(=S)Nc1c(O)ccc2ccccc12)c1ccc(-c2cccc(Cl)c2Cl)o1. The first-order valence-electron chi connectivity index (χ1n) is 8.81. The lowest BCUT2D eigenvalue weighted by atomic mass is 10.1. The fourth-order valence-electron chi connectivity index (χ4n) is 3.00. The average Bonchev–Trinajstić information content (AvgIpc) is 3.22. The Balaban J connectivity index is 1.51. The first-order chi connectivity index (χ1) is 14.4. The summed E-state index contributed by atoms with van der Waals surface area (Å²) >= 11 is 17.5. The van der Waals surface area contributed by atoms with E-state index in [1.54, 1.807) is 36.4 Å². The lowest BCUT2D eigenvalue weighted by Crippen LogP contribution is -2.33. The number of fused-ring (bicyclic) bond motifs is 1. The summed E-state index contributed by atoms with van der Waals surface area (Å²) in [7, 11) is 0. The van der Waals surface area contributed by atoms with E-state index in [1.807, 2.05) is 24.3 Å². The third-order valence-corrected chi connectivity index (χ3v) is 5.44. The molecule has 4 aromatic rings. The summed E-state index contributed by atoms with van der Waals surface area (Å²) < 4.78 is 5.62. The average molecular weight is 457 g/mol. The number of hydrogen-bond acceptors (Lipinski definition) is 4. The lowest BCUT2D eigenvalue weighted by molar-refractivity contribution is 0.0951. The molecule has 0 saturated carbocycles. The van der Waals surface area contributed by atoms with Gasteiger partial charge in [0.05, 0.1) is 15.7 Å². The van der Waals surface area contributed by atoms with E-state index >= 15 is 0 Å². The van der Waals surface area contributed by atoms with Crippen LogP contribution in [-0.4, -0.2) is 16.1 Å². The zero-order valence-electron chi connectivity index (χ0n) is 15.3. The number of halogens is 2. The number of aromatic hydroxyl groups is 1. The number of benzene rings is 3. The van der Waals surface area contributed by atoms with Crippen LogP contribution in [0.3, 0.4) is 0 Å². The van der Waals surface area contributed by atoms with Crippen LogP contribution in [0.1, 0.15) is 10.6 Å². The number of hydrogen-bond donors (Lipinski definition) is 3. The summed E-state index contributed by atoms with van der Waals surface area (Å²) in [6.07, 6.45) is 0. The molecule has 0 aliphatic rings. The van der Waals surface area contributed by atoms with E-state index < -0.39 is 5.91 Å². The normalized spacial score (nSPS) is 10.7. The van der Waals surface area contributed by atoms with Crippen molar-refractivity contribution in [2.75, 3.05) is 5.32 Å². The van der Waals surface area contributed by atoms with Crippen LogP contribution >= 0.6 is 35.4 Å². The Labute approximate surface area is 187 Å². The van der Waals surface area contributed by atoms with Gasteiger partial charge in [-0.2, -0.15) is 0 Å². The van der Waals surface area contributed by atoms with E-state index in [0.717, 1.165) is 10.8 Å². The highest BCUT2D eigenvalue weighted by Crippen LogP contribution is 2.34. The standard InChI is InChI=1S/C22H14Cl2N2O3S/c23-15-7-3-6-14(19(15)24)17-10-11-18(29-17)21(28)26-22(30)25-20-13-5-2-1-4-12(13)8-9-16(20)27/h1-11,27H,(H2,25,26,28,30). The third-order valence-electron chi connectivity index (χ3n) is 4.42. The fraction of sp³-hybridized carbons (Fsp3) is 0. The van der Waals surface area contributed by atoms with Gasteiger partial charge in [-0.1, -0.05) is 59.6 Å². The maximum Gasteiger partial charge on any atom is 0.293 e. The van der Waals surface area contributed by atoms with E-state index in [1.165, 1.54) is 6.07 Å². The predicted octanol–water partition coefficient (Wildman–Crippen LogP) is 6.24. The summed E-state index contributed by atoms with van der Waals surface area (Å²) in [5.41, 5.74) is 0.980. The number of phenols is 1. The first kappa shape index (κ1) is 20.2. The Morgan fingerprint density at radius 1 is 0.967 bits per heavy atom. The highest BCUT2D eigenvalue weighted by Gasteiger charge is 2.17. The van der Waals surface area contributed by atoms with Crippen LogP contribution in [0.15, 0.2) is 71.1 Å². The summed E-state index contributed by atoms with van der Waals surface area (Å²) in [5.74, 6) is -0.0802. The van der Waals surface area contributed by atoms with Crippen molar-refractivity contribution in [2.24, 2.45) is 0 Å². The molecule has 0 bridgehead atoms. The van der Waals surface area contributed by atoms with Gasteiger partial charge in [0, 0.05) is 10.9 Å². The molecule has 0 unspecified atom stereocenters. The third kappa shape index (κ3) is 3.98. The van der Waals surface area contributed by atoms with Gasteiger partial charge in [-0.3, -0.25) is 10.1 Å². The Morgan fingerprint density at radius 3 is 2.60 bits per heavy atom. The van der Waals surface area contributed by atoms with Crippen LogP contribution in [0.25, 0.3) is 22.1 Å². The monoisotopic (exact) mass is 456 g/mol. The topological polar surface area (TPSA) is 74.5 Å². The molecule has 4 rings (SSSR count). The van der Waals surface area contributed by atoms with Crippen LogP contribution in [-0.2, 0) is 0 Å². The number of amides is 1. The van der Waals surface area contributed by atoms with Crippen molar-refractivity contribution in [3.8, 4) is 17.1 Å². The molecule has 0 aliphatic heterocycles. The van der Waals surface area contributed by atoms with Gasteiger partial charge in [-0.25, -0.2) is 0 Å². The number of nitrogens with one attached hydrogen (secondary N) is 2. The first-order valence-corrected chi connectivity index (χ1v) is 9.97. The second kappa shape index (κ2) is 8.36. The van der Waals surface area contributed by atoms with Crippen LogP contribution in [0.4, 0.5) is 5.69 Å². The van der Waals surface area contributed by atoms with Crippen LogP contribution in [0.2, 0.25) is 10.0 Å². The maximum absolute atomic E-state index is 12.5. The number of carbonyl (C=O) groups is 1. The molecule has 0 spiro atoms. The highest BCUT2D eigenvalue weighted by atomic mass is 35.5. The minimum atomic E-state index is -0.545. The second-order valence-corrected chi connectivity index (χ2v) is 7.55. The van der Waals surface area contributed by atoms with Gasteiger partial charge in [0.2, 0.25) is 0 Å². The molecule has 0 atom stereocenters. The smallest absolute Gasteiger partial charge is 0.293 e. The van der Waals surface area contributed by atoms with E-state index in [2.05, 4.69) is 10.6 Å². The Morgan fingerprint density at radius 2 is 1.77 bits per heavy atom. The van der Waals surface area contributed by atoms with E-state index in [9.17, 15) is 9.90 Å². The van der Waals surface area contributed by atoms with E-state index in [4.69, 9.17) is 39.8 Å². The quantitative estimate of drug-likeness (QED) is 0.251. The molecule has 0 saturated heterocycles. The molecule has 1 heterocycles. The minimum absolute atomic E-state index is 0.0150. The van der Waals surface area contributed by atoms with Crippen molar-refractivity contribution in [3.05, 3.63) is 82.5 Å². The van der Waals surface area contributed by atoms with Crippen molar-refractivity contribution in [1.29, 1.82) is 0 Å². The van der Waals surface area contributed by atoms with Gasteiger partial charge in [-0.15, -0.1) is 0 Å². The number of furan rings is 1. The van der Waals surface area contributed by atoms with Gasteiger partial charge in [0.15, 0.2) is 10.9 Å². The van der Waals surface area contributed by atoms with Gasteiger partial charge < -0.3 is 14.8 Å². The molecule has 1 amide bonds. The zero-order chi connectivity index (χ0) is 21.3. The number of thiocarbonyl (C=S) groups is 1. The largest absolute Gasteiger partial charge is 0.506 e. The molecular formula is C22H14Cl2N2O3S. The Kier molecular flexibility index (Phi) is 5.63. The maximum atomic E-state index is 12.5. The molecule has 8 heteroatoms. The zero-order valence-corrected chi connectivity index (χ0v) is 17.6. The summed E-state index contributed by atoms with van der Waals surface area (Å²) in [6, 6.07) is 19.1. The van der Waals surface area contributed by atoms with Gasteiger partial charge in [0.25, 0.3) is 5.91 Å². The molecule has 150 valence electrons. The van der Waals surface area contributed by atoms with Crippen molar-refractivity contribution in [2.45, 2.75) is 0 Å². The van der Waals surface area contributed by atoms with Gasteiger partial charge in [-0.05, 0) is 47.9 Å². The van der Waals surface area contributed by atoms with Crippen molar-refractivity contribution >= 4 is 62.9 Å². The van der Waals surface area contributed by atoms with Crippen LogP contribution in [0.5, 0.6) is 5.75 Å². The Hall–Kier alpha value is -3.06. The van der Waals surface area contributed by atoms with Crippen molar-refractivity contribution < 1.29 is 14.3 Å². The predicted molar refractivity (Wildman–Crippen MR) is 123 cm³/mol. The highest BCUT2D eigenvalue weighted by molar-refractivity contribution is 7.80. The summed E-state index contributed by atoms with van der Waals surface area (Å²) in [5, 5.41) is 18.1. The lowest BCUT2D eigenvalue weighted by Gasteiger charge is -2.13. The molecule has 0 fully saturated rings. The van der Waals surface area contributed by atoms with Gasteiger partial charge in [0.1, 0.15) is 11.5 Å². The van der Waals surface area contributed by atoms with Crippen LogP contribution < -0.4 is 10.6 Å². The molecule has 0 radical (unpaired) electrons. The number of carbonyl (C=O) groups excluding carboxylic acids is 1. The molecule has 5 nitrogen and oxygen atoms in total. The molecule has 30 heavy (non-hydrogen) atoms. The van der Waals surface area contributed by atoms with Gasteiger partial charge >= 0.3 is 0 Å². The van der Waals surface area contributed by atoms with Crippen molar-refractivity contribution in [3.63, 3.8) is 0 Å². The summed E-state index contributed by atoms with van der Waals surface area (Å²) in [4.78, 5) is 12.5. The van der Waals surface area contributed by atoms with E-state index in [-0.39, 0.29) is 16.6 Å². The number of phenolic OH excluding ortho intramolecular Hbond substituents is 1. The molecular weight excluding hydrogens is 443 g/mol.